The third-order valence-electron chi connectivity index (χ3n) is 3.07. The summed E-state index contributed by atoms with van der Waals surface area (Å²) in [6.07, 6.45) is -2.60. The van der Waals surface area contributed by atoms with Crippen molar-refractivity contribution in [3.8, 4) is 0 Å². The maximum atomic E-state index is 12.6. The molecule has 0 bridgehead atoms. The SMILES string of the molecule is O=C(NCC1CC1)Nc1cc(C(F)(F)F)ccc1C(=O)O. The predicted molar refractivity (Wildman–Crippen MR) is 68.1 cm³/mol. The maximum absolute atomic E-state index is 12.6. The van der Waals surface area contributed by atoms with Gasteiger partial charge >= 0.3 is 18.2 Å². The summed E-state index contributed by atoms with van der Waals surface area (Å²) < 4.78 is 37.9. The van der Waals surface area contributed by atoms with Gasteiger partial charge in [-0.05, 0) is 37.0 Å². The van der Waals surface area contributed by atoms with Crippen molar-refractivity contribution in [1.82, 2.24) is 5.32 Å². The van der Waals surface area contributed by atoms with Gasteiger partial charge < -0.3 is 15.7 Å². The summed E-state index contributed by atoms with van der Waals surface area (Å²) in [6, 6.07) is 1.38. The molecular weight excluding hydrogens is 289 g/mol. The van der Waals surface area contributed by atoms with Crippen molar-refractivity contribution in [2.45, 2.75) is 19.0 Å². The lowest BCUT2D eigenvalue weighted by atomic mass is 10.1. The fourth-order valence-electron chi connectivity index (χ4n) is 1.74. The summed E-state index contributed by atoms with van der Waals surface area (Å²) in [5.41, 5.74) is -1.81. The lowest BCUT2D eigenvalue weighted by Crippen LogP contribution is -2.31. The molecule has 114 valence electrons. The number of carbonyl (C=O) groups excluding carboxylic acids is 1. The fraction of sp³-hybridized carbons (Fsp3) is 0.385. The summed E-state index contributed by atoms with van der Waals surface area (Å²) in [5, 5.41) is 13.6. The molecule has 21 heavy (non-hydrogen) atoms. The van der Waals surface area contributed by atoms with Gasteiger partial charge in [0.05, 0.1) is 16.8 Å². The lowest BCUT2D eigenvalue weighted by Gasteiger charge is -2.13. The molecule has 1 fully saturated rings. The van der Waals surface area contributed by atoms with Crippen molar-refractivity contribution in [1.29, 1.82) is 0 Å². The molecule has 0 saturated heterocycles. The van der Waals surface area contributed by atoms with Crippen LogP contribution in [0.25, 0.3) is 0 Å². The highest BCUT2D eigenvalue weighted by molar-refractivity contribution is 6.00. The topological polar surface area (TPSA) is 78.4 Å². The van der Waals surface area contributed by atoms with E-state index >= 15 is 0 Å². The van der Waals surface area contributed by atoms with E-state index in [2.05, 4.69) is 10.6 Å². The molecule has 2 rings (SSSR count). The number of urea groups is 1. The molecule has 0 aliphatic heterocycles. The van der Waals surface area contributed by atoms with Crippen molar-refractivity contribution in [2.24, 2.45) is 5.92 Å². The lowest BCUT2D eigenvalue weighted by molar-refractivity contribution is -0.137. The smallest absolute Gasteiger partial charge is 0.416 e. The van der Waals surface area contributed by atoms with Gasteiger partial charge in [-0.1, -0.05) is 0 Å². The Morgan fingerprint density at radius 1 is 1.29 bits per heavy atom. The van der Waals surface area contributed by atoms with E-state index in [0.29, 0.717) is 24.6 Å². The van der Waals surface area contributed by atoms with Crippen LogP contribution in [0, 0.1) is 5.92 Å². The number of hydrogen-bond donors (Lipinski definition) is 3. The second kappa shape index (κ2) is 5.63. The average Bonchev–Trinajstić information content (AvgIpc) is 3.19. The number of carboxylic acids is 1. The van der Waals surface area contributed by atoms with Gasteiger partial charge in [0.25, 0.3) is 0 Å². The minimum atomic E-state index is -4.61. The average molecular weight is 302 g/mol. The molecule has 0 unspecified atom stereocenters. The van der Waals surface area contributed by atoms with Crippen LogP contribution in [0.1, 0.15) is 28.8 Å². The number of alkyl halides is 3. The molecule has 1 aromatic carbocycles. The van der Waals surface area contributed by atoms with E-state index in [1.165, 1.54) is 0 Å². The highest BCUT2D eigenvalue weighted by atomic mass is 19.4. The molecule has 1 saturated carbocycles. The summed E-state index contributed by atoms with van der Waals surface area (Å²) in [6.45, 7) is 0.424. The molecule has 1 aliphatic rings. The van der Waals surface area contributed by atoms with Crippen LogP contribution in [-0.4, -0.2) is 23.7 Å². The number of carboxylic acid groups (broad SMARTS) is 1. The quantitative estimate of drug-likeness (QED) is 0.800. The number of hydrogen-bond acceptors (Lipinski definition) is 2. The Hall–Kier alpha value is -2.25. The molecule has 0 radical (unpaired) electrons. The Kier molecular flexibility index (Phi) is 4.06. The van der Waals surface area contributed by atoms with Crippen molar-refractivity contribution in [3.05, 3.63) is 29.3 Å². The Bertz CT molecular complexity index is 568. The summed E-state index contributed by atoms with van der Waals surface area (Å²) in [7, 11) is 0. The van der Waals surface area contributed by atoms with E-state index in [9.17, 15) is 22.8 Å². The van der Waals surface area contributed by atoms with Crippen molar-refractivity contribution in [2.75, 3.05) is 11.9 Å². The minimum Gasteiger partial charge on any atom is -0.478 e. The van der Waals surface area contributed by atoms with E-state index in [0.717, 1.165) is 18.9 Å². The van der Waals surface area contributed by atoms with E-state index in [4.69, 9.17) is 5.11 Å². The second-order valence-electron chi connectivity index (χ2n) is 4.84. The van der Waals surface area contributed by atoms with E-state index < -0.39 is 29.3 Å². The van der Waals surface area contributed by atoms with Gasteiger partial charge in [0.1, 0.15) is 0 Å². The van der Waals surface area contributed by atoms with Gasteiger partial charge in [0.15, 0.2) is 0 Å². The van der Waals surface area contributed by atoms with Crippen LogP contribution in [0.4, 0.5) is 23.7 Å². The summed E-state index contributed by atoms with van der Waals surface area (Å²) in [4.78, 5) is 22.6. The highest BCUT2D eigenvalue weighted by Crippen LogP contribution is 2.32. The molecule has 0 heterocycles. The maximum Gasteiger partial charge on any atom is 0.416 e. The number of rotatable bonds is 4. The fourth-order valence-corrected chi connectivity index (χ4v) is 1.74. The molecular formula is C13H13F3N2O3. The zero-order valence-electron chi connectivity index (χ0n) is 10.8. The van der Waals surface area contributed by atoms with Gasteiger partial charge in [-0.15, -0.1) is 0 Å². The van der Waals surface area contributed by atoms with Crippen molar-refractivity contribution < 1.29 is 27.9 Å². The van der Waals surface area contributed by atoms with Gasteiger partial charge in [-0.25, -0.2) is 9.59 Å². The Balaban J connectivity index is 2.17. The largest absolute Gasteiger partial charge is 0.478 e. The van der Waals surface area contributed by atoms with E-state index in [1.54, 1.807) is 0 Å². The number of nitrogens with one attached hydrogen (secondary N) is 2. The van der Waals surface area contributed by atoms with Gasteiger partial charge in [-0.2, -0.15) is 13.2 Å². The van der Waals surface area contributed by atoms with Crippen LogP contribution in [0.5, 0.6) is 0 Å². The number of benzene rings is 1. The van der Waals surface area contributed by atoms with E-state index in [1.807, 2.05) is 0 Å². The van der Waals surface area contributed by atoms with Crippen LogP contribution in [0.15, 0.2) is 18.2 Å². The molecule has 8 heteroatoms. The molecule has 0 aromatic heterocycles. The standard InChI is InChI=1S/C13H13F3N2O3/c14-13(15,16)8-3-4-9(11(19)20)10(5-8)18-12(21)17-6-7-1-2-7/h3-5,7H,1-2,6H2,(H,19,20)(H2,17,18,21). The first-order chi connectivity index (χ1) is 9.77. The zero-order chi connectivity index (χ0) is 15.6. The van der Waals surface area contributed by atoms with Gasteiger partial charge in [0, 0.05) is 6.54 Å². The van der Waals surface area contributed by atoms with Crippen LogP contribution >= 0.6 is 0 Å². The van der Waals surface area contributed by atoms with Crippen molar-refractivity contribution >= 4 is 17.7 Å². The van der Waals surface area contributed by atoms with Crippen LogP contribution < -0.4 is 10.6 Å². The normalized spacial score (nSPS) is 14.6. The highest BCUT2D eigenvalue weighted by Gasteiger charge is 2.32. The Labute approximate surface area is 118 Å². The molecule has 3 N–H and O–H groups in total. The number of carbonyl (C=O) groups is 2. The van der Waals surface area contributed by atoms with Crippen LogP contribution in [0.2, 0.25) is 0 Å². The Morgan fingerprint density at radius 2 is 1.95 bits per heavy atom. The molecule has 0 atom stereocenters. The molecule has 1 aliphatic carbocycles. The first-order valence-corrected chi connectivity index (χ1v) is 6.27. The Morgan fingerprint density at radius 3 is 2.48 bits per heavy atom. The molecule has 0 spiro atoms. The molecule has 1 aromatic rings. The second-order valence-corrected chi connectivity index (χ2v) is 4.84. The first kappa shape index (κ1) is 15.1. The van der Waals surface area contributed by atoms with Crippen molar-refractivity contribution in [3.63, 3.8) is 0 Å². The third kappa shape index (κ3) is 4.11. The third-order valence-corrected chi connectivity index (χ3v) is 3.07. The van der Waals surface area contributed by atoms with Gasteiger partial charge in [-0.3, -0.25) is 0 Å². The monoisotopic (exact) mass is 302 g/mol. The summed E-state index contributed by atoms with van der Waals surface area (Å²) in [5.74, 6) is -1.02. The van der Waals surface area contributed by atoms with Gasteiger partial charge in [0.2, 0.25) is 0 Å². The van der Waals surface area contributed by atoms with E-state index in [-0.39, 0.29) is 5.69 Å². The first-order valence-electron chi connectivity index (χ1n) is 6.27. The summed E-state index contributed by atoms with van der Waals surface area (Å²) >= 11 is 0. The number of anilines is 1. The molecule has 2 amide bonds. The number of amides is 2. The minimum absolute atomic E-state index is 0.384. The zero-order valence-corrected chi connectivity index (χ0v) is 10.8. The predicted octanol–water partition coefficient (Wildman–Crippen LogP) is 2.94. The van der Waals surface area contributed by atoms with Crippen LogP contribution in [0.3, 0.4) is 0 Å². The van der Waals surface area contributed by atoms with Crippen LogP contribution in [-0.2, 0) is 6.18 Å². The number of aromatic carboxylic acids is 1. The molecule has 5 nitrogen and oxygen atoms in total. The number of halogens is 3.